The molecule has 3 heteroatoms. The van der Waals surface area contributed by atoms with E-state index in [9.17, 15) is 5.11 Å². The maximum Gasteiger partial charge on any atom is 0.0898 e. The van der Waals surface area contributed by atoms with Crippen molar-refractivity contribution in [3.8, 4) is 0 Å². The van der Waals surface area contributed by atoms with E-state index in [1.54, 1.807) is 0 Å². The fourth-order valence-corrected chi connectivity index (χ4v) is 3.07. The molecule has 118 valence electrons. The van der Waals surface area contributed by atoms with Crippen molar-refractivity contribution in [2.45, 2.75) is 51.9 Å². The van der Waals surface area contributed by atoms with E-state index in [0.29, 0.717) is 25.1 Å². The summed E-state index contributed by atoms with van der Waals surface area (Å²) in [6.07, 6.45) is 2.08. The van der Waals surface area contributed by atoms with Crippen molar-refractivity contribution in [1.29, 1.82) is 0 Å². The maximum absolute atomic E-state index is 10.1. The highest BCUT2D eigenvalue weighted by atomic mass is 16.5. The fourth-order valence-electron chi connectivity index (χ4n) is 3.07. The van der Waals surface area contributed by atoms with Crippen molar-refractivity contribution in [1.82, 2.24) is 5.32 Å². The average molecular weight is 291 g/mol. The van der Waals surface area contributed by atoms with Crippen LogP contribution in [-0.2, 0) is 4.74 Å². The van der Waals surface area contributed by atoms with Crippen molar-refractivity contribution in [3.63, 3.8) is 0 Å². The second-order valence-corrected chi connectivity index (χ2v) is 6.47. The summed E-state index contributed by atoms with van der Waals surface area (Å²) in [4.78, 5) is 0. The van der Waals surface area contributed by atoms with Crippen LogP contribution in [0.25, 0.3) is 0 Å². The summed E-state index contributed by atoms with van der Waals surface area (Å²) in [5, 5.41) is 13.6. The maximum atomic E-state index is 10.1. The average Bonchev–Trinajstić information content (AvgIpc) is 2.83. The Bertz CT molecular complexity index is 409. The van der Waals surface area contributed by atoms with Gasteiger partial charge in [-0.2, -0.15) is 0 Å². The predicted octanol–water partition coefficient (Wildman–Crippen LogP) is 3.15. The molecular formula is C18H29NO2. The van der Waals surface area contributed by atoms with Crippen LogP contribution in [0.4, 0.5) is 0 Å². The minimum absolute atomic E-state index is 0.0197. The van der Waals surface area contributed by atoms with Crippen molar-refractivity contribution >= 4 is 0 Å². The number of benzene rings is 1. The van der Waals surface area contributed by atoms with Crippen molar-refractivity contribution in [2.24, 2.45) is 11.8 Å². The lowest BCUT2D eigenvalue weighted by atomic mass is 9.98. The predicted molar refractivity (Wildman–Crippen MR) is 86.2 cm³/mol. The highest BCUT2D eigenvalue weighted by Gasteiger charge is 2.29. The second kappa shape index (κ2) is 7.92. The quantitative estimate of drug-likeness (QED) is 0.811. The van der Waals surface area contributed by atoms with Gasteiger partial charge in [-0.05, 0) is 37.2 Å². The number of hydrogen-bond donors (Lipinski definition) is 2. The number of ether oxygens (including phenoxy) is 1. The van der Waals surface area contributed by atoms with Crippen LogP contribution in [0.15, 0.2) is 30.3 Å². The molecule has 0 bridgehead atoms. The molecule has 0 saturated heterocycles. The number of aliphatic hydroxyl groups is 1. The Labute approximate surface area is 128 Å². The van der Waals surface area contributed by atoms with Gasteiger partial charge in [-0.3, -0.25) is 0 Å². The highest BCUT2D eigenvalue weighted by molar-refractivity contribution is 5.16. The molecule has 1 aliphatic carbocycles. The second-order valence-electron chi connectivity index (χ2n) is 6.47. The lowest BCUT2D eigenvalue weighted by Gasteiger charge is -2.22. The summed E-state index contributed by atoms with van der Waals surface area (Å²) >= 11 is 0. The molecule has 1 fully saturated rings. The van der Waals surface area contributed by atoms with Gasteiger partial charge < -0.3 is 15.2 Å². The lowest BCUT2D eigenvalue weighted by molar-refractivity contribution is -0.00329. The van der Waals surface area contributed by atoms with E-state index in [-0.39, 0.29) is 6.10 Å². The standard InChI is InChI=1S/C18H29NO2/c1-13-9-10-18(14(13)2)19-11-17(20)12-21-15(3)16-7-5-4-6-8-16/h4-8,13-15,17-20H,9-12H2,1-3H3. The van der Waals surface area contributed by atoms with E-state index in [1.165, 1.54) is 12.8 Å². The largest absolute Gasteiger partial charge is 0.389 e. The zero-order valence-electron chi connectivity index (χ0n) is 13.5. The molecule has 0 aromatic heterocycles. The molecule has 5 atom stereocenters. The molecule has 1 aromatic carbocycles. The summed E-state index contributed by atoms with van der Waals surface area (Å²) in [6, 6.07) is 10.7. The summed E-state index contributed by atoms with van der Waals surface area (Å²) in [7, 11) is 0. The Morgan fingerprint density at radius 3 is 2.57 bits per heavy atom. The smallest absolute Gasteiger partial charge is 0.0898 e. The van der Waals surface area contributed by atoms with Gasteiger partial charge in [-0.25, -0.2) is 0 Å². The number of hydrogen-bond acceptors (Lipinski definition) is 3. The van der Waals surface area contributed by atoms with Crippen LogP contribution in [0.1, 0.15) is 45.3 Å². The van der Waals surface area contributed by atoms with Gasteiger partial charge in [0.1, 0.15) is 0 Å². The van der Waals surface area contributed by atoms with E-state index in [4.69, 9.17) is 4.74 Å². The number of nitrogens with one attached hydrogen (secondary N) is 1. The van der Waals surface area contributed by atoms with Crippen LogP contribution in [0.2, 0.25) is 0 Å². The molecule has 2 N–H and O–H groups in total. The Morgan fingerprint density at radius 1 is 1.24 bits per heavy atom. The van der Waals surface area contributed by atoms with E-state index in [2.05, 4.69) is 31.3 Å². The summed E-state index contributed by atoms with van der Waals surface area (Å²) in [6.45, 7) is 7.63. The third kappa shape index (κ3) is 4.80. The molecule has 1 aromatic rings. The van der Waals surface area contributed by atoms with Crippen LogP contribution >= 0.6 is 0 Å². The third-order valence-electron chi connectivity index (χ3n) is 4.89. The molecule has 0 amide bonds. The molecule has 0 radical (unpaired) electrons. The molecule has 0 spiro atoms. The van der Waals surface area contributed by atoms with Crippen molar-refractivity contribution in [3.05, 3.63) is 35.9 Å². The molecule has 3 nitrogen and oxygen atoms in total. The first-order chi connectivity index (χ1) is 10.1. The van der Waals surface area contributed by atoms with Gasteiger partial charge in [-0.15, -0.1) is 0 Å². The first-order valence-corrected chi connectivity index (χ1v) is 8.16. The zero-order chi connectivity index (χ0) is 15.2. The summed E-state index contributed by atoms with van der Waals surface area (Å²) in [5.41, 5.74) is 1.15. The zero-order valence-corrected chi connectivity index (χ0v) is 13.5. The van der Waals surface area contributed by atoms with Gasteiger partial charge in [0.05, 0.1) is 18.8 Å². The van der Waals surface area contributed by atoms with Crippen LogP contribution < -0.4 is 5.32 Å². The molecular weight excluding hydrogens is 262 g/mol. The van der Waals surface area contributed by atoms with Gasteiger partial charge in [0.15, 0.2) is 0 Å². The van der Waals surface area contributed by atoms with Gasteiger partial charge in [-0.1, -0.05) is 44.2 Å². The minimum atomic E-state index is -0.445. The van der Waals surface area contributed by atoms with Crippen molar-refractivity contribution < 1.29 is 9.84 Å². The van der Waals surface area contributed by atoms with E-state index < -0.39 is 6.10 Å². The fraction of sp³-hybridized carbons (Fsp3) is 0.667. The minimum Gasteiger partial charge on any atom is -0.389 e. The van der Waals surface area contributed by atoms with Gasteiger partial charge >= 0.3 is 0 Å². The molecule has 21 heavy (non-hydrogen) atoms. The molecule has 0 aliphatic heterocycles. The summed E-state index contributed by atoms with van der Waals surface area (Å²) in [5.74, 6) is 1.48. The summed E-state index contributed by atoms with van der Waals surface area (Å²) < 4.78 is 5.76. The Kier molecular flexibility index (Phi) is 6.22. The van der Waals surface area contributed by atoms with Crippen LogP contribution in [0.5, 0.6) is 0 Å². The Balaban J connectivity index is 1.67. The monoisotopic (exact) mass is 291 g/mol. The molecule has 0 heterocycles. The molecule has 1 aliphatic rings. The van der Waals surface area contributed by atoms with Crippen LogP contribution in [-0.4, -0.2) is 30.4 Å². The van der Waals surface area contributed by atoms with Gasteiger partial charge in [0, 0.05) is 12.6 Å². The van der Waals surface area contributed by atoms with E-state index >= 15 is 0 Å². The highest BCUT2D eigenvalue weighted by Crippen LogP contribution is 2.30. The molecule has 1 saturated carbocycles. The first-order valence-electron chi connectivity index (χ1n) is 8.16. The number of rotatable bonds is 7. The van der Waals surface area contributed by atoms with Gasteiger partial charge in [0.25, 0.3) is 0 Å². The third-order valence-corrected chi connectivity index (χ3v) is 4.89. The Morgan fingerprint density at radius 2 is 1.95 bits per heavy atom. The van der Waals surface area contributed by atoms with E-state index in [1.807, 2.05) is 25.1 Å². The van der Waals surface area contributed by atoms with E-state index in [0.717, 1.165) is 11.5 Å². The van der Waals surface area contributed by atoms with Gasteiger partial charge in [0.2, 0.25) is 0 Å². The number of aliphatic hydroxyl groups excluding tert-OH is 1. The van der Waals surface area contributed by atoms with Crippen molar-refractivity contribution in [2.75, 3.05) is 13.2 Å². The topological polar surface area (TPSA) is 41.5 Å². The lowest BCUT2D eigenvalue weighted by Crippen LogP contribution is -2.39. The Hall–Kier alpha value is -0.900. The first kappa shape index (κ1) is 16.5. The SMILES string of the molecule is CC(OCC(O)CNC1CCC(C)C1C)c1ccccc1. The molecule has 2 rings (SSSR count). The van der Waals surface area contributed by atoms with Crippen LogP contribution in [0.3, 0.4) is 0 Å². The molecule has 5 unspecified atom stereocenters. The normalized spacial score (nSPS) is 28.5. The van der Waals surface area contributed by atoms with Crippen LogP contribution in [0, 0.1) is 11.8 Å².